The molecule has 0 spiro atoms. The van der Waals surface area contributed by atoms with Crippen LogP contribution >= 0.6 is 0 Å². The van der Waals surface area contributed by atoms with E-state index < -0.39 is 0 Å². The second-order valence-electron chi connectivity index (χ2n) is 2.94. The summed E-state index contributed by atoms with van der Waals surface area (Å²) >= 11 is 0. The normalized spacial score (nSPS) is 10.9. The number of hydrogen-bond donors (Lipinski definition) is 2. The van der Waals surface area contributed by atoms with Crippen molar-refractivity contribution >= 4 is 0 Å². The van der Waals surface area contributed by atoms with Crippen LogP contribution in [-0.2, 0) is 4.74 Å². The van der Waals surface area contributed by atoms with E-state index in [0.717, 1.165) is 19.8 Å². The van der Waals surface area contributed by atoms with Gasteiger partial charge in [-0.3, -0.25) is 0 Å². The highest BCUT2D eigenvalue weighted by Crippen LogP contribution is 1.90. The number of rotatable bonds is 7. The smallest absolute Gasteiger partial charge is 0.0591 e. The van der Waals surface area contributed by atoms with Crippen LogP contribution in [0.4, 0.5) is 0 Å². The van der Waals surface area contributed by atoms with E-state index in [1.165, 1.54) is 0 Å². The molecule has 0 unspecified atom stereocenters. The molecule has 0 aromatic heterocycles. The molecular weight excluding hydrogens is 142 g/mol. The lowest BCUT2D eigenvalue weighted by atomic mass is 10.2. The molecule has 3 heteroatoms. The Hall–Kier alpha value is -0.120. The molecule has 68 valence electrons. The summed E-state index contributed by atoms with van der Waals surface area (Å²) in [5, 5.41) is 11.4. The van der Waals surface area contributed by atoms with E-state index in [-0.39, 0.29) is 6.61 Å². The van der Waals surface area contributed by atoms with Gasteiger partial charge in [0.15, 0.2) is 0 Å². The highest BCUT2D eigenvalue weighted by molar-refractivity contribution is 4.44. The first kappa shape index (κ1) is 10.9. The fourth-order valence-corrected chi connectivity index (χ4v) is 0.667. The minimum absolute atomic E-state index is 0.199. The molecule has 0 aliphatic rings. The first-order valence-corrected chi connectivity index (χ1v) is 4.16. The van der Waals surface area contributed by atoms with Gasteiger partial charge in [0.05, 0.1) is 13.2 Å². The van der Waals surface area contributed by atoms with Crippen LogP contribution in [0.2, 0.25) is 0 Å². The Morgan fingerprint density at radius 1 is 1.36 bits per heavy atom. The van der Waals surface area contributed by atoms with Gasteiger partial charge in [0.1, 0.15) is 0 Å². The molecule has 3 nitrogen and oxygen atoms in total. The van der Waals surface area contributed by atoms with Crippen molar-refractivity contribution in [1.82, 2.24) is 5.32 Å². The molecule has 0 saturated carbocycles. The number of aliphatic hydroxyl groups is 1. The van der Waals surface area contributed by atoms with E-state index in [1.807, 2.05) is 0 Å². The second-order valence-corrected chi connectivity index (χ2v) is 2.94. The fourth-order valence-electron chi connectivity index (χ4n) is 0.667. The zero-order valence-electron chi connectivity index (χ0n) is 7.47. The third-order valence-corrected chi connectivity index (χ3v) is 1.16. The summed E-state index contributed by atoms with van der Waals surface area (Å²) in [6, 6.07) is 0. The molecule has 2 N–H and O–H groups in total. The molecule has 0 fully saturated rings. The maximum absolute atomic E-state index is 8.41. The summed E-state index contributed by atoms with van der Waals surface area (Å²) in [5.74, 6) is 0.604. The van der Waals surface area contributed by atoms with E-state index in [9.17, 15) is 0 Å². The number of ether oxygens (including phenoxy) is 1. The lowest BCUT2D eigenvalue weighted by Gasteiger charge is -2.06. The molecule has 0 bridgehead atoms. The van der Waals surface area contributed by atoms with E-state index in [4.69, 9.17) is 9.84 Å². The molecule has 0 aliphatic heterocycles. The Balaban J connectivity index is 2.80. The van der Waals surface area contributed by atoms with Crippen LogP contribution in [0.5, 0.6) is 0 Å². The van der Waals surface area contributed by atoms with Crippen molar-refractivity contribution in [2.24, 2.45) is 5.92 Å². The molecule has 0 heterocycles. The SMILES string of the molecule is CC(C)COCCNCCO. The average molecular weight is 161 g/mol. The Morgan fingerprint density at radius 3 is 2.64 bits per heavy atom. The highest BCUT2D eigenvalue weighted by Gasteiger charge is 1.92. The van der Waals surface area contributed by atoms with Crippen LogP contribution in [-0.4, -0.2) is 38.0 Å². The molecule has 0 aromatic rings. The maximum atomic E-state index is 8.41. The van der Waals surface area contributed by atoms with Gasteiger partial charge in [-0.25, -0.2) is 0 Å². The Kier molecular flexibility index (Phi) is 7.89. The zero-order chi connectivity index (χ0) is 8.53. The summed E-state index contributed by atoms with van der Waals surface area (Å²) in [5.41, 5.74) is 0. The van der Waals surface area contributed by atoms with Crippen LogP contribution in [0.25, 0.3) is 0 Å². The monoisotopic (exact) mass is 161 g/mol. The van der Waals surface area contributed by atoms with Crippen molar-refractivity contribution in [3.8, 4) is 0 Å². The van der Waals surface area contributed by atoms with Gasteiger partial charge in [0.2, 0.25) is 0 Å². The van der Waals surface area contributed by atoms with Crippen LogP contribution in [0, 0.1) is 5.92 Å². The Labute approximate surface area is 68.8 Å². The quantitative estimate of drug-likeness (QED) is 0.526. The molecule has 11 heavy (non-hydrogen) atoms. The molecular formula is C8H19NO2. The molecule has 0 aliphatic carbocycles. The highest BCUT2D eigenvalue weighted by atomic mass is 16.5. The van der Waals surface area contributed by atoms with Gasteiger partial charge in [0, 0.05) is 19.7 Å². The predicted octanol–water partition coefficient (Wildman–Crippen LogP) is 0.241. The van der Waals surface area contributed by atoms with Gasteiger partial charge in [-0.15, -0.1) is 0 Å². The summed E-state index contributed by atoms with van der Waals surface area (Å²) in [7, 11) is 0. The van der Waals surface area contributed by atoms with E-state index in [0.29, 0.717) is 12.5 Å². The molecule has 0 aromatic carbocycles. The first-order chi connectivity index (χ1) is 5.27. The van der Waals surface area contributed by atoms with Crippen LogP contribution in [0.15, 0.2) is 0 Å². The van der Waals surface area contributed by atoms with E-state index in [2.05, 4.69) is 19.2 Å². The summed E-state index contributed by atoms with van der Waals surface area (Å²) in [6.07, 6.45) is 0. The van der Waals surface area contributed by atoms with Crippen molar-refractivity contribution < 1.29 is 9.84 Å². The van der Waals surface area contributed by atoms with Crippen molar-refractivity contribution in [1.29, 1.82) is 0 Å². The second kappa shape index (κ2) is 7.98. The van der Waals surface area contributed by atoms with Crippen molar-refractivity contribution in [3.05, 3.63) is 0 Å². The van der Waals surface area contributed by atoms with E-state index >= 15 is 0 Å². The average Bonchev–Trinajstić information content (AvgIpc) is 1.96. The molecule has 0 saturated heterocycles. The van der Waals surface area contributed by atoms with E-state index in [1.54, 1.807) is 0 Å². The zero-order valence-corrected chi connectivity index (χ0v) is 7.47. The molecule has 0 atom stereocenters. The van der Waals surface area contributed by atoms with Crippen molar-refractivity contribution in [3.63, 3.8) is 0 Å². The molecule has 0 radical (unpaired) electrons. The number of hydrogen-bond acceptors (Lipinski definition) is 3. The Bertz CT molecular complexity index is 76.5. The molecule has 0 rings (SSSR count). The topological polar surface area (TPSA) is 41.5 Å². The van der Waals surface area contributed by atoms with Gasteiger partial charge >= 0.3 is 0 Å². The Morgan fingerprint density at radius 2 is 2.09 bits per heavy atom. The molecule has 0 amide bonds. The largest absolute Gasteiger partial charge is 0.395 e. The minimum atomic E-state index is 0.199. The third-order valence-electron chi connectivity index (χ3n) is 1.16. The van der Waals surface area contributed by atoms with Gasteiger partial charge < -0.3 is 15.2 Å². The minimum Gasteiger partial charge on any atom is -0.395 e. The van der Waals surface area contributed by atoms with Crippen LogP contribution in [0.1, 0.15) is 13.8 Å². The van der Waals surface area contributed by atoms with Gasteiger partial charge in [0.25, 0.3) is 0 Å². The summed E-state index contributed by atoms with van der Waals surface area (Å²) < 4.78 is 5.30. The third kappa shape index (κ3) is 9.88. The van der Waals surface area contributed by atoms with Gasteiger partial charge in [-0.2, -0.15) is 0 Å². The maximum Gasteiger partial charge on any atom is 0.0591 e. The van der Waals surface area contributed by atoms with Crippen LogP contribution in [0.3, 0.4) is 0 Å². The number of aliphatic hydroxyl groups excluding tert-OH is 1. The van der Waals surface area contributed by atoms with Gasteiger partial charge in [-0.1, -0.05) is 13.8 Å². The van der Waals surface area contributed by atoms with Crippen molar-refractivity contribution in [2.45, 2.75) is 13.8 Å². The van der Waals surface area contributed by atoms with Crippen molar-refractivity contribution in [2.75, 3.05) is 32.9 Å². The standard InChI is InChI=1S/C8H19NO2/c1-8(2)7-11-6-4-9-3-5-10/h8-10H,3-7H2,1-2H3. The predicted molar refractivity (Wildman–Crippen MR) is 45.6 cm³/mol. The summed E-state index contributed by atoms with van der Waals surface area (Å²) in [6.45, 7) is 7.49. The van der Waals surface area contributed by atoms with Gasteiger partial charge in [-0.05, 0) is 5.92 Å². The van der Waals surface area contributed by atoms with Crippen LogP contribution < -0.4 is 5.32 Å². The fraction of sp³-hybridized carbons (Fsp3) is 1.00. The lowest BCUT2D eigenvalue weighted by molar-refractivity contribution is 0.111. The number of nitrogens with one attached hydrogen (secondary N) is 1. The summed E-state index contributed by atoms with van der Waals surface area (Å²) in [4.78, 5) is 0. The lowest BCUT2D eigenvalue weighted by Crippen LogP contribution is -2.23. The first-order valence-electron chi connectivity index (χ1n) is 4.16.